The zero-order valence-corrected chi connectivity index (χ0v) is 17.7. The largest absolute Gasteiger partial charge is 0.493 e. The van der Waals surface area contributed by atoms with Gasteiger partial charge in [-0.1, -0.05) is 13.8 Å². The average Bonchev–Trinajstić information content (AvgIpc) is 2.69. The molecule has 0 atom stereocenters. The lowest BCUT2D eigenvalue weighted by atomic mass is 10.2. The first-order chi connectivity index (χ1) is 13.8. The van der Waals surface area contributed by atoms with E-state index in [9.17, 15) is 4.79 Å². The van der Waals surface area contributed by atoms with Crippen LogP contribution in [0.5, 0.6) is 11.5 Å². The van der Waals surface area contributed by atoms with Crippen LogP contribution in [0.3, 0.4) is 0 Å². The van der Waals surface area contributed by atoms with Gasteiger partial charge in [0, 0.05) is 34.0 Å². The van der Waals surface area contributed by atoms with Crippen LogP contribution in [0, 0.1) is 16.7 Å². The number of unbranched alkanes of at least 4 members (excludes halogenated alkanes) is 1. The van der Waals surface area contributed by atoms with E-state index in [1.807, 2.05) is 13.8 Å². The van der Waals surface area contributed by atoms with Crippen molar-refractivity contribution in [1.82, 2.24) is 14.9 Å². The summed E-state index contributed by atoms with van der Waals surface area (Å²) in [6.45, 7) is 6.57. The third-order valence-electron chi connectivity index (χ3n) is 4.46. The van der Waals surface area contributed by atoms with Gasteiger partial charge in [-0.3, -0.25) is 20.2 Å². The van der Waals surface area contributed by atoms with Gasteiger partial charge in [0.2, 0.25) is 5.91 Å². The number of aromatic nitrogens is 2. The number of anilines is 1. The number of amides is 1. The van der Waals surface area contributed by atoms with E-state index in [0.717, 1.165) is 12.8 Å². The predicted octanol–water partition coefficient (Wildman–Crippen LogP) is 2.83. The van der Waals surface area contributed by atoms with Crippen molar-refractivity contribution in [2.75, 3.05) is 32.6 Å². The zero-order chi connectivity index (χ0) is 21.6. The van der Waals surface area contributed by atoms with Crippen molar-refractivity contribution < 1.29 is 17.1 Å². The zero-order valence-electron chi connectivity index (χ0n) is 17.7. The molecule has 1 amide bonds. The Labute approximate surface area is 173 Å². The van der Waals surface area contributed by atoms with Crippen molar-refractivity contribution in [3.8, 4) is 11.5 Å². The minimum atomic E-state index is -0.0174. The van der Waals surface area contributed by atoms with Gasteiger partial charge in [0.15, 0.2) is 22.8 Å². The standard InChI is InChI=1S/C20H30N6O3.2H2/c1-12(2)20(27)24-9-7-6-8-23-19-18(22)26(13(3)21)15-11-17(29-5)16(28-4)10-14(15)25-19;;/h10-12,21-22H,6-9H2,1-5H3,(H,23,25)(H,24,27);2*1H. The second-order valence-corrected chi connectivity index (χ2v) is 7.01. The highest BCUT2D eigenvalue weighted by atomic mass is 16.5. The molecule has 1 aromatic carbocycles. The minimum absolute atomic E-state index is 0. The molecule has 1 heterocycles. The first-order valence-electron chi connectivity index (χ1n) is 9.60. The summed E-state index contributed by atoms with van der Waals surface area (Å²) < 4.78 is 12.2. The lowest BCUT2D eigenvalue weighted by Gasteiger charge is -2.16. The number of fused-ring (bicyclic) bond motifs is 1. The van der Waals surface area contributed by atoms with E-state index in [-0.39, 0.29) is 26.0 Å². The van der Waals surface area contributed by atoms with Crippen LogP contribution < -0.4 is 25.6 Å². The minimum Gasteiger partial charge on any atom is -0.493 e. The van der Waals surface area contributed by atoms with Crippen molar-refractivity contribution in [1.29, 1.82) is 10.8 Å². The van der Waals surface area contributed by atoms with E-state index in [2.05, 4.69) is 15.6 Å². The highest BCUT2D eigenvalue weighted by Gasteiger charge is 2.14. The van der Waals surface area contributed by atoms with Crippen LogP contribution in [0.15, 0.2) is 12.1 Å². The molecular weight excluding hydrogens is 372 g/mol. The summed E-state index contributed by atoms with van der Waals surface area (Å²) in [6.07, 6.45) is 1.63. The normalized spacial score (nSPS) is 10.8. The summed E-state index contributed by atoms with van der Waals surface area (Å²) in [7, 11) is 3.09. The molecule has 2 aromatic rings. The number of rotatable bonds is 9. The Morgan fingerprint density at radius 1 is 1.21 bits per heavy atom. The molecule has 0 unspecified atom stereocenters. The fourth-order valence-corrected chi connectivity index (χ4v) is 2.87. The Balaban J connectivity index is 0.00000450. The van der Waals surface area contributed by atoms with Crippen LogP contribution in [0.4, 0.5) is 5.82 Å². The molecule has 0 bridgehead atoms. The van der Waals surface area contributed by atoms with Crippen molar-refractivity contribution in [2.45, 2.75) is 33.6 Å². The average molecular weight is 407 g/mol. The number of carbonyl (C=O) groups is 1. The molecule has 162 valence electrons. The number of nitrogens with zero attached hydrogens (tertiary/aromatic N) is 2. The van der Waals surface area contributed by atoms with Gasteiger partial charge in [-0.25, -0.2) is 4.98 Å². The molecule has 9 heteroatoms. The lowest BCUT2D eigenvalue weighted by molar-refractivity contribution is -0.123. The van der Waals surface area contributed by atoms with Gasteiger partial charge >= 0.3 is 0 Å². The van der Waals surface area contributed by atoms with Crippen molar-refractivity contribution >= 4 is 28.6 Å². The highest BCUT2D eigenvalue weighted by Crippen LogP contribution is 2.31. The van der Waals surface area contributed by atoms with Gasteiger partial charge in [0.05, 0.1) is 25.3 Å². The van der Waals surface area contributed by atoms with E-state index in [1.54, 1.807) is 33.3 Å². The first kappa shape index (κ1) is 22.2. The number of ether oxygens (including phenoxy) is 2. The smallest absolute Gasteiger partial charge is 0.222 e. The molecule has 0 aliphatic carbocycles. The fourth-order valence-electron chi connectivity index (χ4n) is 2.87. The summed E-state index contributed by atoms with van der Waals surface area (Å²) in [5.74, 6) is 1.67. The summed E-state index contributed by atoms with van der Waals surface area (Å²) in [5, 5.41) is 22.6. The van der Waals surface area contributed by atoms with E-state index in [4.69, 9.17) is 20.3 Å². The van der Waals surface area contributed by atoms with Crippen molar-refractivity contribution in [3.63, 3.8) is 0 Å². The number of hydrogen-bond donors (Lipinski definition) is 4. The van der Waals surface area contributed by atoms with Gasteiger partial charge in [0.25, 0.3) is 0 Å². The molecule has 0 saturated heterocycles. The predicted molar refractivity (Wildman–Crippen MR) is 117 cm³/mol. The fraction of sp³-hybridized carbons (Fsp3) is 0.500. The van der Waals surface area contributed by atoms with Gasteiger partial charge in [0.1, 0.15) is 5.84 Å². The van der Waals surface area contributed by atoms with Gasteiger partial charge < -0.3 is 20.1 Å². The van der Waals surface area contributed by atoms with E-state index >= 15 is 0 Å². The van der Waals surface area contributed by atoms with Crippen LogP contribution in [0.25, 0.3) is 11.0 Å². The lowest BCUT2D eigenvalue weighted by Crippen LogP contribution is -2.30. The van der Waals surface area contributed by atoms with Crippen LogP contribution in [-0.2, 0) is 4.79 Å². The molecule has 0 fully saturated rings. The summed E-state index contributed by atoms with van der Waals surface area (Å²) >= 11 is 0. The summed E-state index contributed by atoms with van der Waals surface area (Å²) in [6, 6.07) is 3.46. The Hall–Kier alpha value is -3.10. The Kier molecular flexibility index (Phi) is 7.58. The monoisotopic (exact) mass is 406 g/mol. The second-order valence-electron chi connectivity index (χ2n) is 7.01. The molecule has 29 heavy (non-hydrogen) atoms. The number of hydrogen-bond acceptors (Lipinski definition) is 7. The van der Waals surface area contributed by atoms with Gasteiger partial charge in [-0.05, 0) is 19.8 Å². The molecule has 0 aliphatic rings. The SMILES string of the molecule is COc1cc2nc(NCCCCNC(=O)C(C)C)c(=N)n(C(C)=N)c2cc1OC.[HH].[HH]. The number of nitrogens with one attached hydrogen (secondary N) is 4. The number of benzene rings is 1. The topological polar surface area (TPSA) is 125 Å². The maximum Gasteiger partial charge on any atom is 0.222 e. The van der Waals surface area contributed by atoms with E-state index in [0.29, 0.717) is 41.4 Å². The van der Waals surface area contributed by atoms with Crippen LogP contribution in [0.1, 0.15) is 36.5 Å². The molecule has 4 N–H and O–H groups in total. The van der Waals surface area contributed by atoms with Crippen LogP contribution in [-0.4, -0.2) is 48.6 Å². The summed E-state index contributed by atoms with van der Waals surface area (Å²) in [5.41, 5.74) is 1.30. The summed E-state index contributed by atoms with van der Waals surface area (Å²) in [4.78, 5) is 16.1. The second kappa shape index (κ2) is 9.90. The molecule has 1 aromatic heterocycles. The van der Waals surface area contributed by atoms with Crippen LogP contribution in [0.2, 0.25) is 0 Å². The van der Waals surface area contributed by atoms with Crippen LogP contribution >= 0.6 is 0 Å². The Bertz CT molecular complexity index is 962. The van der Waals surface area contributed by atoms with Crippen molar-refractivity contribution in [2.24, 2.45) is 5.92 Å². The number of carbonyl (C=O) groups excluding carboxylic acids is 1. The third kappa shape index (κ3) is 5.24. The van der Waals surface area contributed by atoms with E-state index in [1.165, 1.54) is 4.57 Å². The van der Waals surface area contributed by atoms with Crippen molar-refractivity contribution in [3.05, 3.63) is 17.6 Å². The molecule has 0 saturated carbocycles. The molecule has 9 nitrogen and oxygen atoms in total. The van der Waals surface area contributed by atoms with Gasteiger partial charge in [-0.15, -0.1) is 0 Å². The molecule has 0 radical (unpaired) electrons. The Morgan fingerprint density at radius 3 is 2.41 bits per heavy atom. The van der Waals surface area contributed by atoms with E-state index < -0.39 is 0 Å². The molecule has 0 spiro atoms. The maximum atomic E-state index is 11.6. The first-order valence-corrected chi connectivity index (χ1v) is 9.60. The third-order valence-corrected chi connectivity index (χ3v) is 4.46. The number of methoxy groups -OCH3 is 2. The maximum absolute atomic E-state index is 11.6. The molecule has 2 rings (SSSR count). The highest BCUT2D eigenvalue weighted by molar-refractivity contribution is 5.92. The Morgan fingerprint density at radius 2 is 1.83 bits per heavy atom. The quantitative estimate of drug-likeness (QED) is 0.289. The van der Waals surface area contributed by atoms with Gasteiger partial charge in [-0.2, -0.15) is 0 Å². The molecular formula is C20H34N6O3. The molecule has 0 aliphatic heterocycles.